The fourth-order valence-corrected chi connectivity index (χ4v) is 4.01. The zero-order valence-electron chi connectivity index (χ0n) is 14.2. The van der Waals surface area contributed by atoms with Crippen LogP contribution in [0.1, 0.15) is 23.2 Å². The van der Waals surface area contributed by atoms with Gasteiger partial charge in [-0.3, -0.25) is 9.59 Å². The Kier molecular flexibility index (Phi) is 5.37. The zero-order valence-corrected chi connectivity index (χ0v) is 15.8. The molecule has 2 amide bonds. The molecule has 1 atom stereocenters. The molecule has 28 heavy (non-hydrogen) atoms. The van der Waals surface area contributed by atoms with Crippen molar-refractivity contribution < 1.29 is 22.8 Å². The first kappa shape index (κ1) is 20.2. The molecule has 0 aliphatic carbocycles. The summed E-state index contributed by atoms with van der Waals surface area (Å²) in [6.45, 7) is 1.36. The van der Waals surface area contributed by atoms with Gasteiger partial charge in [0.1, 0.15) is 16.8 Å². The number of imide groups is 1. The van der Waals surface area contributed by atoms with Crippen LogP contribution >= 0.6 is 23.4 Å². The number of aryl methyl sites for hydroxylation is 1. The number of hydrogen-bond donors (Lipinski definition) is 0. The molecule has 3 rings (SSSR count). The molecule has 144 valence electrons. The summed E-state index contributed by atoms with van der Waals surface area (Å²) in [5.74, 6) is -1.08. The quantitative estimate of drug-likeness (QED) is 0.683. The minimum atomic E-state index is -4.70. The predicted octanol–water partition coefficient (Wildman–Crippen LogP) is 4.36. The Morgan fingerprint density at radius 1 is 1.29 bits per heavy atom. The zero-order chi connectivity index (χ0) is 20.6. The Bertz CT molecular complexity index is 1000. The Labute approximate surface area is 167 Å². The third-order valence-corrected chi connectivity index (χ3v) is 5.45. The molecule has 0 radical (unpaired) electrons. The molecule has 2 aromatic rings. The van der Waals surface area contributed by atoms with Crippen LogP contribution in [0.4, 0.5) is 18.9 Å². The van der Waals surface area contributed by atoms with Gasteiger partial charge < -0.3 is 0 Å². The lowest BCUT2D eigenvalue weighted by atomic mass is 10.1. The molecule has 0 bridgehead atoms. The van der Waals surface area contributed by atoms with Crippen molar-refractivity contribution >= 4 is 40.9 Å². The highest BCUT2D eigenvalue weighted by molar-refractivity contribution is 8.00. The van der Waals surface area contributed by atoms with Crippen LogP contribution < -0.4 is 4.90 Å². The van der Waals surface area contributed by atoms with Gasteiger partial charge in [-0.15, -0.1) is 0 Å². The van der Waals surface area contributed by atoms with Gasteiger partial charge in [0.05, 0.1) is 16.5 Å². The van der Waals surface area contributed by atoms with Crippen LogP contribution in [0.15, 0.2) is 35.4 Å². The Hall–Kier alpha value is -2.57. The topological polar surface area (TPSA) is 74.1 Å². The highest BCUT2D eigenvalue weighted by Crippen LogP contribution is 2.37. The summed E-state index contributed by atoms with van der Waals surface area (Å²) in [5.41, 5.74) is -0.795. The maximum Gasteiger partial charge on any atom is 0.433 e. The van der Waals surface area contributed by atoms with Gasteiger partial charge in [-0.1, -0.05) is 23.4 Å². The number of aromatic nitrogens is 1. The van der Waals surface area contributed by atoms with E-state index in [1.165, 1.54) is 31.2 Å². The molecule has 1 saturated heterocycles. The van der Waals surface area contributed by atoms with Crippen molar-refractivity contribution in [3.05, 3.63) is 52.2 Å². The smallest absolute Gasteiger partial charge is 0.274 e. The number of anilines is 1. The number of rotatable bonds is 3. The van der Waals surface area contributed by atoms with E-state index in [2.05, 4.69) is 4.98 Å². The van der Waals surface area contributed by atoms with Gasteiger partial charge in [0.15, 0.2) is 0 Å². The number of halogens is 4. The van der Waals surface area contributed by atoms with Crippen LogP contribution in [-0.4, -0.2) is 22.0 Å². The molecule has 1 aliphatic rings. The van der Waals surface area contributed by atoms with E-state index in [9.17, 15) is 28.0 Å². The molecule has 0 saturated carbocycles. The van der Waals surface area contributed by atoms with Gasteiger partial charge in [0, 0.05) is 11.4 Å². The molecule has 0 N–H and O–H groups in total. The largest absolute Gasteiger partial charge is 0.433 e. The minimum Gasteiger partial charge on any atom is -0.274 e. The molecule has 2 heterocycles. The standard InChI is InChI=1S/C18H11ClF3N3O2S/c1-9-6-14(18(20,21)22)24-16(12(9)8-23)28-13-7-15(26)25(17(13)27)11-4-2-10(19)3-5-11/h2-6,13H,7H2,1H3/t13-/m1/s1. The average molecular weight is 426 g/mol. The van der Waals surface area contributed by atoms with E-state index >= 15 is 0 Å². The lowest BCUT2D eigenvalue weighted by molar-refractivity contribution is -0.141. The number of nitrogens with zero attached hydrogens (tertiary/aromatic N) is 3. The SMILES string of the molecule is Cc1cc(C(F)(F)F)nc(S[C@@H]2CC(=O)N(c3ccc(Cl)cc3)C2=O)c1C#N. The number of hydrogen-bond acceptors (Lipinski definition) is 5. The highest BCUT2D eigenvalue weighted by Gasteiger charge is 2.41. The highest BCUT2D eigenvalue weighted by atomic mass is 35.5. The van der Waals surface area contributed by atoms with Crippen LogP contribution in [0.2, 0.25) is 5.02 Å². The summed E-state index contributed by atoms with van der Waals surface area (Å²) in [6.07, 6.45) is -4.91. The Morgan fingerprint density at radius 2 is 1.93 bits per heavy atom. The second-order valence-corrected chi connectivity index (χ2v) is 7.60. The fraction of sp³-hybridized carbons (Fsp3) is 0.222. The van der Waals surface area contributed by atoms with E-state index in [0.717, 1.165) is 11.0 Å². The van der Waals surface area contributed by atoms with Gasteiger partial charge in [-0.2, -0.15) is 18.4 Å². The number of alkyl halides is 3. The number of nitriles is 1. The van der Waals surface area contributed by atoms with E-state index < -0.39 is 28.9 Å². The van der Waals surface area contributed by atoms with Crippen molar-refractivity contribution in [3.8, 4) is 6.07 Å². The van der Waals surface area contributed by atoms with Gasteiger partial charge in [-0.25, -0.2) is 9.88 Å². The normalized spacial score (nSPS) is 17.1. The van der Waals surface area contributed by atoms with Crippen LogP contribution in [-0.2, 0) is 15.8 Å². The van der Waals surface area contributed by atoms with Crippen molar-refractivity contribution in [2.75, 3.05) is 4.90 Å². The van der Waals surface area contributed by atoms with Gasteiger partial charge >= 0.3 is 6.18 Å². The van der Waals surface area contributed by atoms with Crippen LogP contribution in [0.25, 0.3) is 0 Å². The summed E-state index contributed by atoms with van der Waals surface area (Å²) < 4.78 is 39.2. The maximum absolute atomic E-state index is 13.1. The van der Waals surface area contributed by atoms with Crippen LogP contribution in [0, 0.1) is 18.3 Å². The summed E-state index contributed by atoms with van der Waals surface area (Å²) >= 11 is 6.49. The number of benzene rings is 1. The predicted molar refractivity (Wildman–Crippen MR) is 96.9 cm³/mol. The van der Waals surface area contributed by atoms with Crippen LogP contribution in [0.5, 0.6) is 0 Å². The summed E-state index contributed by atoms with van der Waals surface area (Å²) in [4.78, 5) is 29.5. The first-order valence-corrected chi connectivity index (χ1v) is 9.15. The van der Waals surface area contributed by atoms with E-state index in [1.807, 2.05) is 6.07 Å². The second kappa shape index (κ2) is 7.45. The molecule has 1 aromatic carbocycles. The van der Waals surface area contributed by atoms with E-state index in [-0.39, 0.29) is 22.6 Å². The lowest BCUT2D eigenvalue weighted by Gasteiger charge is -2.16. The average Bonchev–Trinajstić information content (AvgIpc) is 2.88. The monoisotopic (exact) mass is 425 g/mol. The van der Waals surface area contributed by atoms with Crippen molar-refractivity contribution in [2.24, 2.45) is 0 Å². The molecular formula is C18H11ClF3N3O2S. The molecule has 0 unspecified atom stereocenters. The number of amides is 2. The molecule has 5 nitrogen and oxygen atoms in total. The molecule has 0 spiro atoms. The Balaban J connectivity index is 1.93. The van der Waals surface area contributed by atoms with E-state index in [0.29, 0.717) is 22.5 Å². The summed E-state index contributed by atoms with van der Waals surface area (Å²) in [7, 11) is 0. The summed E-state index contributed by atoms with van der Waals surface area (Å²) in [5, 5.41) is 8.50. The van der Waals surface area contributed by atoms with E-state index in [4.69, 9.17) is 11.6 Å². The van der Waals surface area contributed by atoms with Gasteiger partial charge in [0.25, 0.3) is 0 Å². The van der Waals surface area contributed by atoms with Crippen molar-refractivity contribution in [2.45, 2.75) is 29.8 Å². The fourth-order valence-electron chi connectivity index (χ4n) is 2.70. The van der Waals surface area contributed by atoms with Crippen molar-refractivity contribution in [3.63, 3.8) is 0 Å². The van der Waals surface area contributed by atoms with Crippen molar-refractivity contribution in [1.82, 2.24) is 4.98 Å². The van der Waals surface area contributed by atoms with Crippen LogP contribution in [0.3, 0.4) is 0 Å². The van der Waals surface area contributed by atoms with Crippen molar-refractivity contribution in [1.29, 1.82) is 5.26 Å². The second-order valence-electron chi connectivity index (χ2n) is 5.97. The molecule has 1 aliphatic heterocycles. The number of carbonyl (C=O) groups excluding carboxylic acids is 2. The molecule has 1 fully saturated rings. The number of pyridine rings is 1. The molecular weight excluding hydrogens is 415 g/mol. The molecule has 1 aromatic heterocycles. The number of carbonyl (C=O) groups is 2. The minimum absolute atomic E-state index is 0.0526. The number of thioether (sulfide) groups is 1. The maximum atomic E-state index is 13.1. The first-order chi connectivity index (χ1) is 13.1. The first-order valence-electron chi connectivity index (χ1n) is 7.89. The molecule has 10 heteroatoms. The lowest BCUT2D eigenvalue weighted by Crippen LogP contribution is -2.31. The van der Waals surface area contributed by atoms with E-state index in [1.54, 1.807) is 0 Å². The Morgan fingerprint density at radius 3 is 2.50 bits per heavy atom. The van der Waals surface area contributed by atoms with Gasteiger partial charge in [0.2, 0.25) is 11.8 Å². The summed E-state index contributed by atoms with van der Waals surface area (Å²) in [6, 6.07) is 8.63. The van der Waals surface area contributed by atoms with Gasteiger partial charge in [-0.05, 0) is 42.8 Å². The third-order valence-electron chi connectivity index (χ3n) is 4.03. The third kappa shape index (κ3) is 3.84.